The summed E-state index contributed by atoms with van der Waals surface area (Å²) >= 11 is 0. The van der Waals surface area contributed by atoms with E-state index in [9.17, 15) is 28.7 Å². The maximum absolute atomic E-state index is 14.2. The Balaban J connectivity index is 1.96. The third kappa shape index (κ3) is 11.0. The van der Waals surface area contributed by atoms with Gasteiger partial charge in [0, 0.05) is 5.92 Å². The molecule has 0 fully saturated rings. The summed E-state index contributed by atoms with van der Waals surface area (Å²) < 4.78 is 24.8. The Bertz CT molecular complexity index is 1460. The minimum atomic E-state index is -1.13. The summed E-state index contributed by atoms with van der Waals surface area (Å²) in [6.45, 7) is 4.98. The highest BCUT2D eigenvalue weighted by atomic mass is 19.1. The third-order valence-corrected chi connectivity index (χ3v) is 6.94. The molecule has 0 aliphatic heterocycles. The number of halogens is 1. The molecule has 4 N–H and O–H groups in total. The van der Waals surface area contributed by atoms with Crippen LogP contribution < -0.4 is 11.1 Å². The molecule has 0 aliphatic carbocycles. The molecule has 3 aromatic rings. The lowest BCUT2D eigenvalue weighted by Crippen LogP contribution is -2.48. The average molecular weight is 611 g/mol. The van der Waals surface area contributed by atoms with E-state index in [1.807, 2.05) is 0 Å². The number of nitrogens with two attached hydrogens (primary N) is 1. The largest absolute Gasteiger partial charge is 0.466 e. The Morgan fingerprint density at radius 2 is 1.75 bits per heavy atom. The highest BCUT2D eigenvalue weighted by Crippen LogP contribution is 2.24. The van der Waals surface area contributed by atoms with Crippen LogP contribution in [0.15, 0.2) is 54.7 Å². The Morgan fingerprint density at radius 3 is 2.41 bits per heavy atom. The van der Waals surface area contributed by atoms with Gasteiger partial charge >= 0.3 is 11.9 Å². The zero-order chi connectivity index (χ0) is 32.3. The quantitative estimate of drug-likeness (QED) is 0.206. The number of primary amides is 1. The number of nitrogens with zero attached hydrogens (tertiary/aromatic N) is 2. The number of carbonyl (C=O) groups is 4. The Kier molecular flexibility index (Phi) is 12.3. The van der Waals surface area contributed by atoms with Crippen molar-refractivity contribution in [3.63, 3.8) is 0 Å². The molecule has 3 unspecified atom stereocenters. The van der Waals surface area contributed by atoms with E-state index < -0.39 is 53.2 Å². The van der Waals surface area contributed by atoms with Gasteiger partial charge in [-0.25, -0.2) is 9.37 Å². The van der Waals surface area contributed by atoms with Gasteiger partial charge in [0.1, 0.15) is 17.6 Å². The van der Waals surface area contributed by atoms with Crippen molar-refractivity contribution >= 4 is 34.8 Å². The number of hydrogen-bond donors (Lipinski definition) is 3. The van der Waals surface area contributed by atoms with Crippen LogP contribution in [0.1, 0.15) is 68.9 Å². The average Bonchev–Trinajstić information content (AvgIpc) is 2.96. The lowest BCUT2D eigenvalue weighted by atomic mass is 9.87. The summed E-state index contributed by atoms with van der Waals surface area (Å²) in [5.41, 5.74) is 6.18. The maximum atomic E-state index is 14.2. The van der Waals surface area contributed by atoms with Gasteiger partial charge in [-0.3, -0.25) is 24.2 Å². The second-order valence-electron chi connectivity index (χ2n) is 11.2. The number of benzene rings is 2. The molecule has 0 bridgehead atoms. The number of ether oxygens (including phenoxy) is 2. The number of amides is 2. The normalized spacial score (nSPS) is 13.5. The van der Waals surface area contributed by atoms with E-state index in [2.05, 4.69) is 15.3 Å². The van der Waals surface area contributed by atoms with Crippen LogP contribution in [0.3, 0.4) is 0 Å². The Labute approximate surface area is 255 Å². The van der Waals surface area contributed by atoms with Crippen LogP contribution in [-0.4, -0.2) is 63.2 Å². The van der Waals surface area contributed by atoms with E-state index in [4.69, 9.17) is 15.2 Å². The van der Waals surface area contributed by atoms with E-state index in [0.717, 1.165) is 0 Å². The van der Waals surface area contributed by atoms with E-state index in [1.54, 1.807) is 51.1 Å². The number of rotatable bonds is 16. The van der Waals surface area contributed by atoms with Gasteiger partial charge in [-0.1, -0.05) is 24.3 Å². The molecule has 0 spiro atoms. The first-order valence-corrected chi connectivity index (χ1v) is 14.5. The fourth-order valence-electron chi connectivity index (χ4n) is 4.65. The number of para-hydroxylation sites is 2. The summed E-state index contributed by atoms with van der Waals surface area (Å²) in [7, 11) is 0. The summed E-state index contributed by atoms with van der Waals surface area (Å²) in [5, 5.41) is 13.1. The van der Waals surface area contributed by atoms with Gasteiger partial charge in [0.2, 0.25) is 5.91 Å². The first-order valence-electron chi connectivity index (χ1n) is 14.5. The lowest BCUT2D eigenvalue weighted by molar-refractivity contribution is -0.155. The van der Waals surface area contributed by atoms with Gasteiger partial charge in [0.05, 0.1) is 48.3 Å². The van der Waals surface area contributed by atoms with Crippen molar-refractivity contribution in [1.82, 2.24) is 15.3 Å². The molecule has 2 amide bonds. The highest BCUT2D eigenvalue weighted by Gasteiger charge is 2.33. The molecule has 1 heterocycles. The molecule has 44 heavy (non-hydrogen) atoms. The van der Waals surface area contributed by atoms with Crippen LogP contribution in [0.25, 0.3) is 11.0 Å². The summed E-state index contributed by atoms with van der Waals surface area (Å²) in [6, 6.07) is 11.7. The number of aliphatic hydroxyl groups is 1. The number of fused-ring (bicyclic) bond motifs is 1. The second kappa shape index (κ2) is 15.9. The van der Waals surface area contributed by atoms with Gasteiger partial charge in [0.25, 0.3) is 5.91 Å². The Hall–Kier alpha value is -4.45. The van der Waals surface area contributed by atoms with Crippen LogP contribution in [0.5, 0.6) is 0 Å². The molecule has 0 radical (unpaired) electrons. The SMILES string of the molecule is CCOC(=O)CCC(=O)OC(CC(CCC(C)(C)O)C(N)=O)C(Cc1cccc(F)c1)NC(=O)c1cnc2ccccc2n1. The molecule has 0 saturated carbocycles. The van der Waals surface area contributed by atoms with Crippen molar-refractivity contribution in [1.29, 1.82) is 0 Å². The molecule has 0 aliphatic rings. The standard InChI is InChI=1S/C32H39FN4O7/c1-4-43-28(38)12-13-29(39)44-27(18-21(30(34)40)14-15-32(2,3)42)25(17-20-8-7-9-22(33)16-20)37-31(41)26-19-35-23-10-5-6-11-24(23)36-26/h5-11,16,19,21,25,27,42H,4,12-15,17-18H2,1-3H3,(H2,34,40)(H,37,41). The van der Waals surface area contributed by atoms with E-state index in [-0.39, 0.29) is 50.8 Å². The minimum Gasteiger partial charge on any atom is -0.466 e. The Morgan fingerprint density at radius 1 is 1.05 bits per heavy atom. The summed E-state index contributed by atoms with van der Waals surface area (Å²) in [5.74, 6) is -4.02. The maximum Gasteiger partial charge on any atom is 0.306 e. The predicted molar refractivity (Wildman–Crippen MR) is 159 cm³/mol. The molecular formula is C32H39FN4O7. The molecule has 3 atom stereocenters. The van der Waals surface area contributed by atoms with Crippen molar-refractivity contribution in [2.45, 2.75) is 77.0 Å². The van der Waals surface area contributed by atoms with Crippen molar-refractivity contribution in [2.75, 3.05) is 6.61 Å². The van der Waals surface area contributed by atoms with E-state index >= 15 is 0 Å². The smallest absolute Gasteiger partial charge is 0.306 e. The van der Waals surface area contributed by atoms with Gasteiger partial charge < -0.3 is 25.6 Å². The van der Waals surface area contributed by atoms with Crippen LogP contribution in [0.2, 0.25) is 0 Å². The minimum absolute atomic E-state index is 0.00573. The zero-order valence-electron chi connectivity index (χ0n) is 25.1. The first kappa shape index (κ1) is 34.0. The number of hydrogen-bond acceptors (Lipinski definition) is 9. The predicted octanol–water partition coefficient (Wildman–Crippen LogP) is 3.41. The van der Waals surface area contributed by atoms with E-state index in [0.29, 0.717) is 16.6 Å². The highest BCUT2D eigenvalue weighted by molar-refractivity contribution is 5.94. The van der Waals surface area contributed by atoms with E-state index in [1.165, 1.54) is 24.4 Å². The third-order valence-electron chi connectivity index (χ3n) is 6.94. The summed E-state index contributed by atoms with van der Waals surface area (Å²) in [4.78, 5) is 59.5. The number of nitrogens with one attached hydrogen (secondary N) is 1. The molecule has 0 saturated heterocycles. The zero-order valence-corrected chi connectivity index (χ0v) is 25.1. The van der Waals surface area contributed by atoms with Crippen molar-refractivity contribution in [3.05, 3.63) is 71.8 Å². The molecule has 12 heteroatoms. The molecule has 11 nitrogen and oxygen atoms in total. The van der Waals surface area contributed by atoms with Crippen LogP contribution in [0, 0.1) is 11.7 Å². The van der Waals surface area contributed by atoms with Crippen molar-refractivity contribution in [3.8, 4) is 0 Å². The lowest BCUT2D eigenvalue weighted by Gasteiger charge is -2.31. The second-order valence-corrected chi connectivity index (χ2v) is 11.2. The molecule has 2 aromatic carbocycles. The van der Waals surface area contributed by atoms with Crippen LogP contribution in [-0.2, 0) is 30.3 Å². The van der Waals surface area contributed by atoms with Crippen LogP contribution >= 0.6 is 0 Å². The summed E-state index contributed by atoms with van der Waals surface area (Å²) in [6.07, 6.45) is -0.0686. The molecule has 3 rings (SSSR count). The van der Waals surface area contributed by atoms with Crippen molar-refractivity contribution < 1.29 is 38.1 Å². The first-order chi connectivity index (χ1) is 20.8. The number of aromatic nitrogens is 2. The molecule has 236 valence electrons. The van der Waals surface area contributed by atoms with Gasteiger partial charge in [-0.15, -0.1) is 0 Å². The molecule has 1 aromatic heterocycles. The van der Waals surface area contributed by atoms with Crippen LogP contribution in [0.4, 0.5) is 4.39 Å². The fraction of sp³-hybridized carbons (Fsp3) is 0.438. The monoisotopic (exact) mass is 610 g/mol. The van der Waals surface area contributed by atoms with Crippen molar-refractivity contribution in [2.24, 2.45) is 11.7 Å². The van der Waals surface area contributed by atoms with Gasteiger partial charge in [0.15, 0.2) is 0 Å². The number of carbonyl (C=O) groups excluding carboxylic acids is 4. The molecular weight excluding hydrogens is 571 g/mol. The van der Waals surface area contributed by atoms with Gasteiger partial charge in [-0.05, 0) is 76.3 Å². The van der Waals surface area contributed by atoms with Gasteiger partial charge in [-0.2, -0.15) is 0 Å². The topological polar surface area (TPSA) is 171 Å². The fourth-order valence-corrected chi connectivity index (χ4v) is 4.65. The number of esters is 2.